The van der Waals surface area contributed by atoms with E-state index in [1.54, 1.807) is 74.3 Å². The van der Waals surface area contributed by atoms with Crippen LogP contribution in [0.15, 0.2) is 189 Å². The zero-order valence-corrected chi connectivity index (χ0v) is 53.5. The van der Waals surface area contributed by atoms with Crippen molar-refractivity contribution in [3.63, 3.8) is 0 Å². The number of anilines is 5. The van der Waals surface area contributed by atoms with Gasteiger partial charge in [0.15, 0.2) is 0 Å². The largest absolute Gasteiger partial charge is 0.399 e. The average molecular weight is 1200 g/mol. The zero-order valence-electron chi connectivity index (χ0n) is 53.5. The first-order valence-corrected chi connectivity index (χ1v) is 29.0. The number of nitrogens with two attached hydrogens (primary N) is 5. The number of hydrogen-bond acceptors (Lipinski definition) is 17. The number of aldehydes is 1. The van der Waals surface area contributed by atoms with Crippen LogP contribution in [0.3, 0.4) is 0 Å². The average Bonchev–Trinajstić information content (AvgIpc) is 3.13. The van der Waals surface area contributed by atoms with Crippen molar-refractivity contribution in [2.75, 3.05) is 28.7 Å². The number of non-ortho nitro benzene ring substituents is 2. The molecule has 0 radical (unpaired) electrons. The van der Waals surface area contributed by atoms with Crippen molar-refractivity contribution in [1.82, 2.24) is 24.9 Å². The Kier molecular flexibility index (Phi) is 42.1. The Balaban J connectivity index is 0. The predicted molar refractivity (Wildman–Crippen MR) is 370 cm³/mol. The van der Waals surface area contributed by atoms with E-state index >= 15 is 0 Å². The fraction of sp³-hybridized carbons (Fsp3) is 0.232. The number of aryl methyl sites for hydroxylation is 1. The summed E-state index contributed by atoms with van der Waals surface area (Å²) in [4.78, 5) is 49.2. The number of nitro benzene ring substituents is 2. The molecule has 11 rings (SSSR count). The third kappa shape index (κ3) is 26.5. The van der Waals surface area contributed by atoms with Crippen molar-refractivity contribution in [3.05, 3.63) is 226 Å². The van der Waals surface area contributed by atoms with E-state index in [0.29, 0.717) is 22.6 Å². The molecule has 5 aromatic heterocycles. The maximum atomic E-state index is 10.4. The number of carbonyl (C=O) groups excluding carboxylic acids is 1. The van der Waals surface area contributed by atoms with Gasteiger partial charge in [-0.2, -0.15) is 5.26 Å². The number of carbonyl (C=O) groups is 1. The highest BCUT2D eigenvalue weighted by Gasteiger charge is 2.11. The highest BCUT2D eigenvalue weighted by molar-refractivity contribution is 5.90. The number of hydrogen-bond donors (Lipinski definition) is 6. The van der Waals surface area contributed by atoms with Gasteiger partial charge in [-0.05, 0) is 136 Å². The second-order valence-corrected chi connectivity index (χ2v) is 16.1. The van der Waals surface area contributed by atoms with Crippen molar-refractivity contribution in [3.8, 4) is 6.07 Å². The Hall–Kier alpha value is -10.7. The highest BCUT2D eigenvalue weighted by atomic mass is 16.6. The fourth-order valence-electron chi connectivity index (χ4n) is 7.14. The molecule has 11 N–H and O–H groups in total. The van der Waals surface area contributed by atoms with Crippen molar-refractivity contribution in [2.24, 2.45) is 0 Å². The summed E-state index contributed by atoms with van der Waals surface area (Å²) in [6, 6.07) is 47.9. The molecule has 5 heterocycles. The molecule has 0 bridgehead atoms. The molecule has 0 saturated heterocycles. The summed E-state index contributed by atoms with van der Waals surface area (Å²) in [6.45, 7) is 29.2. The minimum atomic E-state index is -0.567. The van der Waals surface area contributed by atoms with Gasteiger partial charge in [-0.15, -0.1) is 0 Å². The standard InChI is InChI=1S/C11H12N2O.C10H7N3.C10H10N2.C9H6N2O2.C9H8N2.C6H6N2O2.C2H4O.6C2H6/c1-7(14)11-8-3-2-6-13-10(8)5-4-9(11)12;11-6-8-7-2-1-5-13-10(7)4-3-9(8)12;1-7-8-3-2-6-12-10(8)5-4-9(7)11;12-11(13)8-3-4-9-7(6-8)2-1-5-10-9;10-8-3-4-9-7(6-8)2-1-5-11-9;7-5-1-3-6(4-2-5)8(9)10;1-2-3;6*1-2/h2-7,14H,12H2,1H3;1-5H,12H2;2-6H,11H2,1H3;1-6H;1-6H,10H2;1-4H,7H2;2H,1H3;6*1-2H3. The first-order chi connectivity index (χ1) is 42.6. The van der Waals surface area contributed by atoms with E-state index in [2.05, 4.69) is 31.0 Å². The SMILES string of the molecule is CC.CC.CC.CC.CC.CC.CC(O)c1c(N)ccc2ncccc12.CC=O.Cc1c(N)ccc2ncccc12.N#Cc1c(N)ccc2ncccc12.Nc1ccc([N+](=O)[O-])cc1.Nc1ccc2ncccc2c1.O=[N+]([O-])c1ccc2ncccc2c1. The number of nitro groups is 2. The van der Waals surface area contributed by atoms with Gasteiger partial charge in [0.25, 0.3) is 11.4 Å². The lowest BCUT2D eigenvalue weighted by atomic mass is 10.0. The predicted octanol–water partition coefficient (Wildman–Crippen LogP) is 17.2. The van der Waals surface area contributed by atoms with Gasteiger partial charge in [-0.25, -0.2) is 0 Å². The molecular formula is C69H89N13O6. The van der Waals surface area contributed by atoms with Crippen LogP contribution in [0.25, 0.3) is 54.5 Å². The van der Waals surface area contributed by atoms with E-state index in [1.165, 1.54) is 43.3 Å². The Labute approximate surface area is 518 Å². The number of nitrogens with zero attached hydrogens (tertiary/aromatic N) is 8. The quantitative estimate of drug-likeness (QED) is 0.0414. The van der Waals surface area contributed by atoms with E-state index in [9.17, 15) is 25.3 Å². The van der Waals surface area contributed by atoms with E-state index < -0.39 is 16.0 Å². The lowest BCUT2D eigenvalue weighted by molar-refractivity contribution is -0.385. The molecule has 0 saturated carbocycles. The molecule has 1 unspecified atom stereocenters. The smallest absolute Gasteiger partial charge is 0.270 e. The van der Waals surface area contributed by atoms with Gasteiger partial charge in [0.1, 0.15) is 12.4 Å². The molecule has 6 aromatic carbocycles. The summed E-state index contributed by atoms with van der Waals surface area (Å²) in [7, 11) is 0. The molecule has 11 aromatic rings. The lowest BCUT2D eigenvalue weighted by Gasteiger charge is -2.11. The van der Waals surface area contributed by atoms with Gasteiger partial charge in [-0.1, -0.05) is 107 Å². The Bertz CT molecular complexity index is 3800. The van der Waals surface area contributed by atoms with Crippen molar-refractivity contribution in [2.45, 2.75) is 110 Å². The summed E-state index contributed by atoms with van der Waals surface area (Å²) in [6.07, 6.45) is 8.83. The number of rotatable bonds is 3. The van der Waals surface area contributed by atoms with Crippen LogP contribution in [0.1, 0.15) is 120 Å². The molecule has 88 heavy (non-hydrogen) atoms. The first-order valence-electron chi connectivity index (χ1n) is 29.0. The number of aromatic nitrogens is 5. The van der Waals surface area contributed by atoms with E-state index in [0.717, 1.165) is 83.3 Å². The molecule has 0 aliphatic rings. The van der Waals surface area contributed by atoms with E-state index in [-0.39, 0.29) is 11.4 Å². The van der Waals surface area contributed by atoms with Crippen molar-refractivity contribution < 1.29 is 19.7 Å². The molecule has 19 heteroatoms. The molecule has 0 aliphatic carbocycles. The van der Waals surface area contributed by atoms with Crippen LogP contribution in [0.4, 0.5) is 39.8 Å². The van der Waals surface area contributed by atoms with Gasteiger partial charge in [-0.3, -0.25) is 45.1 Å². The van der Waals surface area contributed by atoms with E-state index in [4.69, 9.17) is 38.7 Å². The Morgan fingerprint density at radius 3 is 1.26 bits per heavy atom. The normalized spacial score (nSPS) is 9.31. The fourth-order valence-corrected chi connectivity index (χ4v) is 7.14. The van der Waals surface area contributed by atoms with Crippen molar-refractivity contribution >= 4 is 101 Å². The Morgan fingerprint density at radius 1 is 0.466 bits per heavy atom. The van der Waals surface area contributed by atoms with Crippen LogP contribution in [0.2, 0.25) is 0 Å². The highest BCUT2D eigenvalue weighted by Crippen LogP contribution is 2.28. The molecule has 0 fully saturated rings. The number of aliphatic hydroxyl groups excluding tert-OH is 1. The summed E-state index contributed by atoms with van der Waals surface area (Å²) in [5.74, 6) is 0. The third-order valence-corrected chi connectivity index (χ3v) is 10.8. The number of pyridine rings is 5. The second kappa shape index (κ2) is 46.6. The lowest BCUT2D eigenvalue weighted by Crippen LogP contribution is -1.99. The minimum Gasteiger partial charge on any atom is -0.399 e. The number of nitrogen functional groups attached to an aromatic ring is 5. The van der Waals surface area contributed by atoms with Gasteiger partial charge in [0, 0.05) is 110 Å². The third-order valence-electron chi connectivity index (χ3n) is 10.8. The van der Waals surface area contributed by atoms with E-state index in [1.807, 2.05) is 175 Å². The molecular weight excluding hydrogens is 1110 g/mol. The number of benzene rings is 6. The summed E-state index contributed by atoms with van der Waals surface area (Å²) in [5.41, 5.74) is 38.3. The summed E-state index contributed by atoms with van der Waals surface area (Å²) in [5, 5.41) is 43.7. The maximum Gasteiger partial charge on any atom is 0.270 e. The number of nitriles is 1. The van der Waals surface area contributed by atoms with Crippen LogP contribution in [-0.2, 0) is 4.79 Å². The topological polar surface area (TPSA) is 342 Å². The van der Waals surface area contributed by atoms with Crippen LogP contribution in [0.5, 0.6) is 0 Å². The second-order valence-electron chi connectivity index (χ2n) is 16.1. The van der Waals surface area contributed by atoms with Crippen LogP contribution < -0.4 is 28.7 Å². The van der Waals surface area contributed by atoms with Crippen molar-refractivity contribution in [1.29, 1.82) is 5.26 Å². The van der Waals surface area contributed by atoms with Gasteiger partial charge < -0.3 is 38.6 Å². The molecule has 0 aliphatic heterocycles. The van der Waals surface area contributed by atoms with Crippen LogP contribution in [0, 0.1) is 38.5 Å². The monoisotopic (exact) mass is 1200 g/mol. The van der Waals surface area contributed by atoms with Gasteiger partial charge >= 0.3 is 0 Å². The minimum absolute atomic E-state index is 0.0641. The summed E-state index contributed by atoms with van der Waals surface area (Å²) < 4.78 is 0. The summed E-state index contributed by atoms with van der Waals surface area (Å²) >= 11 is 0. The molecule has 466 valence electrons. The van der Waals surface area contributed by atoms with Crippen LogP contribution >= 0.6 is 0 Å². The number of aliphatic hydroxyl groups is 1. The van der Waals surface area contributed by atoms with Crippen LogP contribution in [-0.4, -0.2) is 46.2 Å². The molecule has 0 spiro atoms. The zero-order chi connectivity index (χ0) is 67.1. The molecule has 0 amide bonds. The molecule has 1 atom stereocenters. The first kappa shape index (κ1) is 79.4. The molecule has 19 nitrogen and oxygen atoms in total. The Morgan fingerprint density at radius 2 is 0.807 bits per heavy atom. The maximum absolute atomic E-state index is 10.4. The van der Waals surface area contributed by atoms with Gasteiger partial charge in [0.2, 0.25) is 0 Å². The number of fused-ring (bicyclic) bond motifs is 5. The van der Waals surface area contributed by atoms with Gasteiger partial charge in [0.05, 0.1) is 54.8 Å².